The molecule has 26 heavy (non-hydrogen) atoms. The van der Waals surface area contributed by atoms with Gasteiger partial charge in [0.05, 0.1) is 19.3 Å². The fraction of sp³-hybridized carbons (Fsp3) is 0.650. The summed E-state index contributed by atoms with van der Waals surface area (Å²) in [5.41, 5.74) is 1.19. The van der Waals surface area contributed by atoms with Crippen molar-refractivity contribution in [2.45, 2.75) is 39.3 Å². The van der Waals surface area contributed by atoms with E-state index in [2.05, 4.69) is 41.6 Å². The minimum absolute atomic E-state index is 0.278. The monoisotopic (exact) mass is 363 g/mol. The normalized spacial score (nSPS) is 17.5. The number of ether oxygens (including phenoxy) is 3. The number of rotatable bonds is 10. The maximum Gasteiger partial charge on any atom is 0.191 e. The Bertz CT molecular complexity index is 526. The fourth-order valence-corrected chi connectivity index (χ4v) is 2.55. The molecule has 0 radical (unpaired) electrons. The summed E-state index contributed by atoms with van der Waals surface area (Å²) in [5.74, 6) is 2.24. The van der Waals surface area contributed by atoms with Crippen molar-refractivity contribution >= 4 is 5.96 Å². The van der Waals surface area contributed by atoms with Gasteiger partial charge < -0.3 is 24.8 Å². The highest BCUT2D eigenvalue weighted by Gasteiger charge is 2.15. The molecule has 0 saturated carbocycles. The van der Waals surface area contributed by atoms with Crippen molar-refractivity contribution in [3.63, 3.8) is 0 Å². The zero-order chi connectivity index (χ0) is 18.6. The molecule has 0 amide bonds. The molecule has 146 valence electrons. The zero-order valence-electron chi connectivity index (χ0n) is 16.3. The molecule has 1 aliphatic heterocycles. The summed E-state index contributed by atoms with van der Waals surface area (Å²) in [4.78, 5) is 4.25. The maximum atomic E-state index is 5.76. The van der Waals surface area contributed by atoms with Crippen molar-refractivity contribution < 1.29 is 14.2 Å². The van der Waals surface area contributed by atoms with Crippen LogP contribution in [0.4, 0.5) is 0 Å². The lowest BCUT2D eigenvalue weighted by molar-refractivity contribution is 0.0420. The highest BCUT2D eigenvalue weighted by Crippen LogP contribution is 2.13. The average Bonchev–Trinajstić information content (AvgIpc) is 3.16. The lowest BCUT2D eigenvalue weighted by Gasteiger charge is -2.13. The third-order valence-electron chi connectivity index (χ3n) is 4.05. The molecule has 0 spiro atoms. The van der Waals surface area contributed by atoms with Crippen LogP contribution in [0.2, 0.25) is 0 Å². The van der Waals surface area contributed by atoms with E-state index in [0.29, 0.717) is 5.92 Å². The summed E-state index contributed by atoms with van der Waals surface area (Å²) in [6.45, 7) is 8.89. The standard InChI is InChI=1S/C20H33N3O3/c1-16(2)14-26-18-7-5-17(6-8-18)13-23-20(21-3)22-10-4-11-25-19-9-12-24-15-19/h5-8,16,19H,4,9-15H2,1-3H3,(H2,21,22,23). The minimum atomic E-state index is 0.278. The molecule has 6 nitrogen and oxygen atoms in total. The first-order valence-corrected chi connectivity index (χ1v) is 9.53. The summed E-state index contributed by atoms with van der Waals surface area (Å²) in [6, 6.07) is 8.18. The average molecular weight is 364 g/mol. The summed E-state index contributed by atoms with van der Waals surface area (Å²) < 4.78 is 16.8. The Balaban J connectivity index is 1.60. The van der Waals surface area contributed by atoms with Crippen LogP contribution in [0.15, 0.2) is 29.3 Å². The van der Waals surface area contributed by atoms with Crippen molar-refractivity contribution in [3.8, 4) is 5.75 Å². The third-order valence-corrected chi connectivity index (χ3v) is 4.05. The van der Waals surface area contributed by atoms with Gasteiger partial charge in [0, 0.05) is 33.4 Å². The van der Waals surface area contributed by atoms with Crippen LogP contribution >= 0.6 is 0 Å². The molecule has 1 aromatic carbocycles. The number of hydrogen-bond donors (Lipinski definition) is 2. The van der Waals surface area contributed by atoms with Crippen LogP contribution in [0, 0.1) is 5.92 Å². The molecular weight excluding hydrogens is 330 g/mol. The van der Waals surface area contributed by atoms with E-state index >= 15 is 0 Å². The van der Waals surface area contributed by atoms with Gasteiger partial charge in [-0.3, -0.25) is 4.99 Å². The third kappa shape index (κ3) is 8.06. The molecule has 6 heteroatoms. The van der Waals surface area contributed by atoms with Crippen LogP contribution in [0.1, 0.15) is 32.3 Å². The molecule has 1 aliphatic rings. The van der Waals surface area contributed by atoms with Crippen molar-refractivity contribution in [1.29, 1.82) is 0 Å². The van der Waals surface area contributed by atoms with Crippen LogP contribution < -0.4 is 15.4 Å². The zero-order valence-corrected chi connectivity index (χ0v) is 16.3. The second-order valence-corrected chi connectivity index (χ2v) is 6.91. The summed E-state index contributed by atoms with van der Waals surface area (Å²) in [6.07, 6.45) is 2.23. The molecule has 0 bridgehead atoms. The number of hydrogen-bond acceptors (Lipinski definition) is 4. The first-order valence-electron chi connectivity index (χ1n) is 9.53. The van der Waals surface area contributed by atoms with E-state index in [9.17, 15) is 0 Å². The van der Waals surface area contributed by atoms with Gasteiger partial charge in [-0.2, -0.15) is 0 Å². The van der Waals surface area contributed by atoms with E-state index in [1.165, 1.54) is 5.56 Å². The maximum absolute atomic E-state index is 5.76. The van der Waals surface area contributed by atoms with E-state index in [4.69, 9.17) is 14.2 Å². The van der Waals surface area contributed by atoms with Gasteiger partial charge in [0.2, 0.25) is 0 Å². The smallest absolute Gasteiger partial charge is 0.191 e. The van der Waals surface area contributed by atoms with Gasteiger partial charge in [0.25, 0.3) is 0 Å². The Labute approximate surface area is 157 Å². The molecule has 2 N–H and O–H groups in total. The molecule has 0 aromatic heterocycles. The number of aliphatic imine (C=N–C) groups is 1. The Morgan fingerprint density at radius 1 is 1.27 bits per heavy atom. The second kappa shape index (κ2) is 11.8. The molecule has 1 heterocycles. The first-order chi connectivity index (χ1) is 12.7. The van der Waals surface area contributed by atoms with Gasteiger partial charge in [-0.1, -0.05) is 26.0 Å². The number of benzene rings is 1. The minimum Gasteiger partial charge on any atom is -0.493 e. The van der Waals surface area contributed by atoms with Gasteiger partial charge in [-0.25, -0.2) is 0 Å². The van der Waals surface area contributed by atoms with Gasteiger partial charge in [0.15, 0.2) is 5.96 Å². The molecule has 1 saturated heterocycles. The molecule has 2 rings (SSSR count). The van der Waals surface area contributed by atoms with Crippen molar-refractivity contribution in [3.05, 3.63) is 29.8 Å². The van der Waals surface area contributed by atoms with Crippen molar-refractivity contribution in [2.75, 3.05) is 40.0 Å². The lowest BCUT2D eigenvalue weighted by Crippen LogP contribution is -2.37. The van der Waals surface area contributed by atoms with E-state index in [0.717, 1.165) is 64.1 Å². The predicted octanol–water partition coefficient (Wildman–Crippen LogP) is 2.58. The van der Waals surface area contributed by atoms with Gasteiger partial charge in [0.1, 0.15) is 5.75 Å². The molecule has 1 unspecified atom stereocenters. The topological polar surface area (TPSA) is 64.1 Å². The van der Waals surface area contributed by atoms with Crippen LogP contribution in [0.3, 0.4) is 0 Å². The lowest BCUT2D eigenvalue weighted by atomic mass is 10.2. The van der Waals surface area contributed by atoms with Crippen LogP contribution in [-0.2, 0) is 16.0 Å². The summed E-state index contributed by atoms with van der Waals surface area (Å²) >= 11 is 0. The Morgan fingerprint density at radius 2 is 2.08 bits per heavy atom. The summed E-state index contributed by atoms with van der Waals surface area (Å²) in [7, 11) is 1.78. The van der Waals surface area contributed by atoms with E-state index in [-0.39, 0.29) is 6.10 Å². The molecule has 1 aromatic rings. The van der Waals surface area contributed by atoms with Crippen molar-refractivity contribution in [1.82, 2.24) is 10.6 Å². The molecular formula is C20H33N3O3. The fourth-order valence-electron chi connectivity index (χ4n) is 2.55. The first kappa shape index (κ1) is 20.5. The Morgan fingerprint density at radius 3 is 2.73 bits per heavy atom. The number of nitrogens with one attached hydrogen (secondary N) is 2. The Kier molecular flexibility index (Phi) is 9.28. The Hall–Kier alpha value is -1.79. The van der Waals surface area contributed by atoms with E-state index in [1.54, 1.807) is 7.05 Å². The highest BCUT2D eigenvalue weighted by molar-refractivity contribution is 5.79. The largest absolute Gasteiger partial charge is 0.493 e. The molecule has 0 aliphatic carbocycles. The van der Waals surface area contributed by atoms with Crippen LogP contribution in [-0.4, -0.2) is 52.1 Å². The highest BCUT2D eigenvalue weighted by atomic mass is 16.5. The molecule has 1 atom stereocenters. The number of nitrogens with zero attached hydrogens (tertiary/aromatic N) is 1. The van der Waals surface area contributed by atoms with E-state index in [1.807, 2.05) is 12.1 Å². The predicted molar refractivity (Wildman–Crippen MR) is 105 cm³/mol. The van der Waals surface area contributed by atoms with Crippen molar-refractivity contribution in [2.24, 2.45) is 10.9 Å². The van der Waals surface area contributed by atoms with Gasteiger partial charge in [-0.15, -0.1) is 0 Å². The number of guanidine groups is 1. The second-order valence-electron chi connectivity index (χ2n) is 6.91. The SMILES string of the molecule is CN=C(NCCCOC1CCOC1)NCc1ccc(OCC(C)C)cc1. The van der Waals surface area contributed by atoms with Crippen LogP contribution in [0.5, 0.6) is 5.75 Å². The van der Waals surface area contributed by atoms with Gasteiger partial charge in [-0.05, 0) is 36.5 Å². The summed E-state index contributed by atoms with van der Waals surface area (Å²) in [5, 5.41) is 6.64. The quantitative estimate of drug-likeness (QED) is 0.380. The molecule has 1 fully saturated rings. The van der Waals surface area contributed by atoms with E-state index < -0.39 is 0 Å². The van der Waals surface area contributed by atoms with Gasteiger partial charge >= 0.3 is 0 Å². The van der Waals surface area contributed by atoms with Crippen LogP contribution in [0.25, 0.3) is 0 Å².